The van der Waals surface area contributed by atoms with Gasteiger partial charge < -0.3 is 5.73 Å². The van der Waals surface area contributed by atoms with Crippen molar-refractivity contribution in [2.24, 2.45) is 23.0 Å². The van der Waals surface area contributed by atoms with Gasteiger partial charge in [-0.2, -0.15) is 0 Å². The summed E-state index contributed by atoms with van der Waals surface area (Å²) in [5.41, 5.74) is 6.64. The van der Waals surface area contributed by atoms with E-state index in [1.54, 1.807) is 0 Å². The molecule has 0 saturated heterocycles. The van der Waals surface area contributed by atoms with Gasteiger partial charge in [0, 0.05) is 6.04 Å². The third-order valence-electron chi connectivity index (χ3n) is 4.74. The monoisotopic (exact) mass is 195 g/mol. The maximum atomic E-state index is 6.05. The molecule has 2 rings (SSSR count). The van der Waals surface area contributed by atoms with Crippen molar-refractivity contribution in [2.45, 2.75) is 64.8 Å². The minimum Gasteiger partial charge on any atom is -0.328 e. The summed E-state index contributed by atoms with van der Waals surface area (Å²) in [7, 11) is 0. The van der Waals surface area contributed by atoms with Crippen LogP contribution in [-0.4, -0.2) is 6.04 Å². The normalized spacial score (nSPS) is 49.5. The second-order valence-corrected chi connectivity index (χ2v) is 6.13. The van der Waals surface area contributed by atoms with E-state index < -0.39 is 0 Å². The molecule has 2 fully saturated rings. The zero-order valence-electron chi connectivity index (χ0n) is 9.76. The van der Waals surface area contributed by atoms with Crippen LogP contribution in [0.1, 0.15) is 58.8 Å². The first kappa shape index (κ1) is 10.5. The van der Waals surface area contributed by atoms with E-state index in [0.717, 1.165) is 11.8 Å². The molecular formula is C13H25N. The molecule has 2 saturated carbocycles. The Morgan fingerprint density at radius 2 is 2.00 bits per heavy atom. The highest BCUT2D eigenvalue weighted by Gasteiger charge is 2.41. The third kappa shape index (κ3) is 1.98. The molecule has 0 heterocycles. The lowest BCUT2D eigenvalue weighted by Crippen LogP contribution is -2.30. The molecule has 2 aliphatic carbocycles. The summed E-state index contributed by atoms with van der Waals surface area (Å²) in [6, 6.07) is 0.497. The summed E-state index contributed by atoms with van der Waals surface area (Å²) in [6.45, 7) is 4.91. The molecule has 0 aromatic heterocycles. The van der Waals surface area contributed by atoms with E-state index >= 15 is 0 Å². The Hall–Kier alpha value is -0.0400. The molecule has 1 heteroatoms. The molecule has 82 valence electrons. The molecule has 2 N–H and O–H groups in total. The molecule has 0 aromatic rings. The molecule has 0 radical (unpaired) electrons. The van der Waals surface area contributed by atoms with Gasteiger partial charge in [-0.15, -0.1) is 0 Å². The van der Waals surface area contributed by atoms with Crippen molar-refractivity contribution < 1.29 is 0 Å². The maximum Gasteiger partial charge on any atom is 0.00443 e. The van der Waals surface area contributed by atoms with Gasteiger partial charge >= 0.3 is 0 Å². The van der Waals surface area contributed by atoms with Crippen LogP contribution in [0, 0.1) is 17.3 Å². The highest BCUT2D eigenvalue weighted by atomic mass is 14.7. The van der Waals surface area contributed by atoms with Crippen LogP contribution in [-0.2, 0) is 0 Å². The average Bonchev–Trinajstić information content (AvgIpc) is 2.48. The van der Waals surface area contributed by atoms with E-state index in [-0.39, 0.29) is 0 Å². The molecule has 2 aliphatic rings. The molecule has 0 aromatic carbocycles. The number of rotatable bonds is 1. The van der Waals surface area contributed by atoms with Crippen LogP contribution in [0.25, 0.3) is 0 Å². The predicted octanol–water partition coefficient (Wildman–Crippen LogP) is 3.33. The van der Waals surface area contributed by atoms with Crippen LogP contribution in [0.5, 0.6) is 0 Å². The summed E-state index contributed by atoms with van der Waals surface area (Å²) in [4.78, 5) is 0. The lowest BCUT2D eigenvalue weighted by atomic mass is 9.66. The van der Waals surface area contributed by atoms with E-state index in [1.807, 2.05) is 0 Å². The molecule has 0 bridgehead atoms. The summed E-state index contributed by atoms with van der Waals surface area (Å²) in [6.07, 6.45) is 9.77. The molecule has 1 nitrogen and oxygen atoms in total. The smallest absolute Gasteiger partial charge is 0.00443 e. The summed E-state index contributed by atoms with van der Waals surface area (Å²) >= 11 is 0. The Morgan fingerprint density at radius 3 is 2.57 bits per heavy atom. The fourth-order valence-electron chi connectivity index (χ4n) is 3.76. The first-order valence-corrected chi connectivity index (χ1v) is 6.36. The Kier molecular flexibility index (Phi) is 2.88. The van der Waals surface area contributed by atoms with Gasteiger partial charge in [-0.1, -0.05) is 26.7 Å². The predicted molar refractivity (Wildman–Crippen MR) is 61.1 cm³/mol. The topological polar surface area (TPSA) is 26.0 Å². The molecule has 0 aliphatic heterocycles. The second-order valence-electron chi connectivity index (χ2n) is 6.13. The van der Waals surface area contributed by atoms with Crippen LogP contribution in [0.2, 0.25) is 0 Å². The molecule has 4 unspecified atom stereocenters. The number of hydrogen-bond donors (Lipinski definition) is 1. The van der Waals surface area contributed by atoms with Crippen LogP contribution >= 0.6 is 0 Å². The lowest BCUT2D eigenvalue weighted by Gasteiger charge is -2.39. The van der Waals surface area contributed by atoms with E-state index in [2.05, 4.69) is 13.8 Å². The highest BCUT2D eigenvalue weighted by Crippen LogP contribution is 2.49. The van der Waals surface area contributed by atoms with Gasteiger partial charge in [-0.05, 0) is 49.4 Å². The molecular weight excluding hydrogens is 170 g/mol. The van der Waals surface area contributed by atoms with Crippen LogP contribution in [0.3, 0.4) is 0 Å². The largest absolute Gasteiger partial charge is 0.328 e. The van der Waals surface area contributed by atoms with E-state index in [1.165, 1.54) is 44.9 Å². The van der Waals surface area contributed by atoms with E-state index in [9.17, 15) is 0 Å². The first-order chi connectivity index (χ1) is 6.60. The quantitative estimate of drug-likeness (QED) is 0.682. The van der Waals surface area contributed by atoms with Crippen molar-refractivity contribution in [2.75, 3.05) is 0 Å². The van der Waals surface area contributed by atoms with E-state index in [4.69, 9.17) is 5.73 Å². The van der Waals surface area contributed by atoms with Gasteiger partial charge in [0.2, 0.25) is 0 Å². The van der Waals surface area contributed by atoms with Gasteiger partial charge in [0.05, 0.1) is 0 Å². The SMILES string of the molecule is CC1CCCC(C2(C)CCC(N)C2)C1. The zero-order chi connectivity index (χ0) is 10.2. The highest BCUT2D eigenvalue weighted by molar-refractivity contribution is 4.94. The lowest BCUT2D eigenvalue weighted by molar-refractivity contribution is 0.117. The fraction of sp³-hybridized carbons (Fsp3) is 1.00. The molecule has 4 atom stereocenters. The van der Waals surface area contributed by atoms with Crippen molar-refractivity contribution in [3.63, 3.8) is 0 Å². The Bertz CT molecular complexity index is 201. The van der Waals surface area contributed by atoms with Gasteiger partial charge in [-0.3, -0.25) is 0 Å². The fourth-order valence-corrected chi connectivity index (χ4v) is 3.76. The average molecular weight is 195 g/mol. The van der Waals surface area contributed by atoms with Gasteiger partial charge in [-0.25, -0.2) is 0 Å². The minimum atomic E-state index is 0.497. The van der Waals surface area contributed by atoms with Crippen molar-refractivity contribution >= 4 is 0 Å². The Morgan fingerprint density at radius 1 is 1.21 bits per heavy atom. The van der Waals surface area contributed by atoms with Gasteiger partial charge in [0.25, 0.3) is 0 Å². The van der Waals surface area contributed by atoms with Crippen molar-refractivity contribution in [3.05, 3.63) is 0 Å². The molecule has 0 spiro atoms. The maximum absolute atomic E-state index is 6.05. The number of nitrogens with two attached hydrogens (primary N) is 1. The van der Waals surface area contributed by atoms with Crippen molar-refractivity contribution in [1.82, 2.24) is 0 Å². The zero-order valence-corrected chi connectivity index (χ0v) is 9.76. The Labute approximate surface area is 88.4 Å². The van der Waals surface area contributed by atoms with E-state index in [0.29, 0.717) is 11.5 Å². The standard InChI is InChI=1S/C13H25N/c1-10-4-3-5-11(8-10)13(2)7-6-12(14)9-13/h10-12H,3-9,14H2,1-2H3. The minimum absolute atomic E-state index is 0.497. The van der Waals surface area contributed by atoms with Crippen molar-refractivity contribution in [3.8, 4) is 0 Å². The van der Waals surface area contributed by atoms with Crippen LogP contribution < -0.4 is 5.73 Å². The molecule has 14 heavy (non-hydrogen) atoms. The number of hydrogen-bond acceptors (Lipinski definition) is 1. The Balaban J connectivity index is 1.99. The van der Waals surface area contributed by atoms with Crippen molar-refractivity contribution in [1.29, 1.82) is 0 Å². The summed E-state index contributed by atoms with van der Waals surface area (Å²) < 4.78 is 0. The van der Waals surface area contributed by atoms with Crippen LogP contribution in [0.15, 0.2) is 0 Å². The van der Waals surface area contributed by atoms with Crippen LogP contribution in [0.4, 0.5) is 0 Å². The summed E-state index contributed by atoms with van der Waals surface area (Å²) in [5, 5.41) is 0. The third-order valence-corrected chi connectivity index (χ3v) is 4.74. The van der Waals surface area contributed by atoms with Gasteiger partial charge in [0.1, 0.15) is 0 Å². The first-order valence-electron chi connectivity index (χ1n) is 6.36. The molecule has 0 amide bonds. The summed E-state index contributed by atoms with van der Waals surface area (Å²) in [5.74, 6) is 1.93. The second kappa shape index (κ2) is 3.84. The van der Waals surface area contributed by atoms with Gasteiger partial charge in [0.15, 0.2) is 0 Å².